The van der Waals surface area contributed by atoms with Gasteiger partial charge in [-0.15, -0.1) is 6.58 Å². The fourth-order valence-corrected chi connectivity index (χ4v) is 9.70. The zero-order chi connectivity index (χ0) is 28.1. The third-order valence-corrected chi connectivity index (χ3v) is 11.6. The molecule has 5 fully saturated rings. The fourth-order valence-electron chi connectivity index (χ4n) is 9.70. The van der Waals surface area contributed by atoms with Crippen molar-refractivity contribution < 1.29 is 38.7 Å². The minimum atomic E-state index is -1.29. The largest absolute Gasteiger partial charge is 0.465 e. The molecule has 39 heavy (non-hydrogen) atoms. The highest BCUT2D eigenvalue weighted by Gasteiger charge is 2.62. The molecule has 0 aromatic heterocycles. The SMILES string of the molecule is C=C[C@H]1CC[C@H]2[C@@H]3CC[C@H]4C[C@@H](O[C@@H]5O[C@@H](C)[C@@H](O)[C@@H](O)[C@@H]5OC(C)=O)CC[C@]4(COC(C)=O)[C@H]3CC[C@]12C. The second-order valence-corrected chi connectivity index (χ2v) is 13.4. The molecular formula is C31H48O8. The number of aliphatic hydroxyl groups excluding tert-OH is 2. The van der Waals surface area contributed by atoms with Gasteiger partial charge < -0.3 is 29.2 Å². The topological polar surface area (TPSA) is 112 Å². The van der Waals surface area contributed by atoms with Gasteiger partial charge in [0.05, 0.1) is 18.8 Å². The van der Waals surface area contributed by atoms with E-state index in [0.29, 0.717) is 41.6 Å². The summed E-state index contributed by atoms with van der Waals surface area (Å²) in [5.74, 6) is 2.01. The Bertz CT molecular complexity index is 938. The van der Waals surface area contributed by atoms with E-state index in [1.165, 1.54) is 39.5 Å². The Morgan fingerprint density at radius 3 is 2.46 bits per heavy atom. The molecule has 1 saturated heterocycles. The summed E-state index contributed by atoms with van der Waals surface area (Å²) >= 11 is 0. The van der Waals surface area contributed by atoms with Gasteiger partial charge in [0.1, 0.15) is 12.2 Å². The minimum Gasteiger partial charge on any atom is -0.465 e. The Kier molecular flexibility index (Phi) is 8.24. The van der Waals surface area contributed by atoms with E-state index in [4.69, 9.17) is 18.9 Å². The van der Waals surface area contributed by atoms with E-state index in [0.717, 1.165) is 32.1 Å². The maximum absolute atomic E-state index is 12.0. The lowest BCUT2D eigenvalue weighted by molar-refractivity contribution is -0.312. The predicted molar refractivity (Wildman–Crippen MR) is 143 cm³/mol. The van der Waals surface area contributed by atoms with Crippen LogP contribution in [-0.4, -0.2) is 65.6 Å². The van der Waals surface area contributed by atoms with Gasteiger partial charge in [0.25, 0.3) is 0 Å². The van der Waals surface area contributed by atoms with Crippen LogP contribution in [0.5, 0.6) is 0 Å². The van der Waals surface area contributed by atoms with Crippen molar-refractivity contribution in [2.24, 2.45) is 40.4 Å². The molecule has 4 aliphatic carbocycles. The molecule has 8 heteroatoms. The van der Waals surface area contributed by atoms with Crippen molar-refractivity contribution in [2.45, 2.75) is 122 Å². The van der Waals surface area contributed by atoms with Crippen LogP contribution < -0.4 is 0 Å². The Morgan fingerprint density at radius 1 is 1.00 bits per heavy atom. The lowest BCUT2D eigenvalue weighted by Crippen LogP contribution is -2.60. The number of rotatable bonds is 6. The average molecular weight is 549 g/mol. The highest BCUT2D eigenvalue weighted by molar-refractivity contribution is 5.66. The van der Waals surface area contributed by atoms with Crippen LogP contribution in [0.15, 0.2) is 12.7 Å². The van der Waals surface area contributed by atoms with E-state index in [9.17, 15) is 19.8 Å². The Hall–Kier alpha value is -1.48. The van der Waals surface area contributed by atoms with Crippen LogP contribution in [0.2, 0.25) is 0 Å². The third-order valence-electron chi connectivity index (χ3n) is 11.6. The number of carbonyl (C=O) groups is 2. The number of hydrogen-bond acceptors (Lipinski definition) is 8. The molecule has 1 heterocycles. The monoisotopic (exact) mass is 548 g/mol. The van der Waals surface area contributed by atoms with Crippen molar-refractivity contribution in [3.8, 4) is 0 Å². The highest BCUT2D eigenvalue weighted by atomic mass is 16.7. The molecule has 0 aromatic rings. The molecule has 0 bridgehead atoms. The van der Waals surface area contributed by atoms with Crippen molar-refractivity contribution in [2.75, 3.05) is 6.61 Å². The summed E-state index contributed by atoms with van der Waals surface area (Å²) in [4.78, 5) is 23.8. The van der Waals surface area contributed by atoms with Crippen molar-refractivity contribution in [3.63, 3.8) is 0 Å². The number of ether oxygens (including phenoxy) is 4. The first-order valence-corrected chi connectivity index (χ1v) is 15.1. The van der Waals surface area contributed by atoms with Gasteiger partial charge in [-0.25, -0.2) is 0 Å². The van der Waals surface area contributed by atoms with Gasteiger partial charge in [0.2, 0.25) is 0 Å². The summed E-state index contributed by atoms with van der Waals surface area (Å²) in [6, 6.07) is 0. The second kappa shape index (κ2) is 11.1. The lowest BCUT2D eigenvalue weighted by atomic mass is 9.44. The molecule has 0 unspecified atom stereocenters. The van der Waals surface area contributed by atoms with Gasteiger partial charge in [-0.3, -0.25) is 9.59 Å². The Labute approximate surface area is 232 Å². The minimum absolute atomic E-state index is 0.0618. The molecule has 0 radical (unpaired) electrons. The molecule has 2 N–H and O–H groups in total. The van der Waals surface area contributed by atoms with Crippen LogP contribution in [0, 0.1) is 40.4 Å². The first kappa shape index (κ1) is 29.0. The van der Waals surface area contributed by atoms with Crippen LogP contribution >= 0.6 is 0 Å². The van der Waals surface area contributed by atoms with Crippen LogP contribution in [-0.2, 0) is 28.5 Å². The highest BCUT2D eigenvalue weighted by Crippen LogP contribution is 2.67. The van der Waals surface area contributed by atoms with Gasteiger partial charge >= 0.3 is 11.9 Å². The van der Waals surface area contributed by atoms with Crippen LogP contribution in [0.25, 0.3) is 0 Å². The molecule has 0 amide bonds. The summed E-state index contributed by atoms with van der Waals surface area (Å²) in [6.45, 7) is 11.6. The van der Waals surface area contributed by atoms with Gasteiger partial charge in [-0.1, -0.05) is 13.0 Å². The third kappa shape index (κ3) is 5.08. The maximum atomic E-state index is 12.0. The molecule has 220 valence electrons. The average Bonchev–Trinajstić information content (AvgIpc) is 3.24. The molecule has 1 aliphatic heterocycles. The first-order chi connectivity index (χ1) is 18.5. The maximum Gasteiger partial charge on any atom is 0.303 e. The molecule has 5 aliphatic rings. The second-order valence-electron chi connectivity index (χ2n) is 13.4. The molecule has 13 atom stereocenters. The van der Waals surface area contributed by atoms with Crippen molar-refractivity contribution in [3.05, 3.63) is 12.7 Å². The first-order valence-electron chi connectivity index (χ1n) is 15.1. The van der Waals surface area contributed by atoms with Crippen LogP contribution in [0.3, 0.4) is 0 Å². The van der Waals surface area contributed by atoms with Gasteiger partial charge in [-0.05, 0) is 99.7 Å². The molecular weight excluding hydrogens is 500 g/mol. The zero-order valence-electron chi connectivity index (χ0n) is 24.1. The van der Waals surface area contributed by atoms with E-state index in [-0.39, 0.29) is 17.5 Å². The van der Waals surface area contributed by atoms with E-state index in [1.54, 1.807) is 6.92 Å². The van der Waals surface area contributed by atoms with Crippen molar-refractivity contribution in [1.82, 2.24) is 0 Å². The lowest BCUT2D eigenvalue weighted by Gasteiger charge is -2.61. The number of allylic oxidation sites excluding steroid dienone is 1. The predicted octanol–water partition coefficient (Wildman–Crippen LogP) is 4.16. The normalized spacial score (nSPS) is 49.2. The number of aliphatic hydroxyl groups is 2. The van der Waals surface area contributed by atoms with E-state index in [2.05, 4.69) is 19.6 Å². The van der Waals surface area contributed by atoms with Crippen molar-refractivity contribution in [1.29, 1.82) is 0 Å². The number of carbonyl (C=O) groups excluding carboxylic acids is 2. The van der Waals surface area contributed by atoms with Crippen LogP contribution in [0.1, 0.15) is 85.5 Å². The summed E-state index contributed by atoms with van der Waals surface area (Å²) in [5.41, 5.74) is 0.262. The van der Waals surface area contributed by atoms with Gasteiger partial charge in [0.15, 0.2) is 12.4 Å². The number of esters is 2. The Morgan fingerprint density at radius 2 is 1.77 bits per heavy atom. The smallest absolute Gasteiger partial charge is 0.303 e. The van der Waals surface area contributed by atoms with E-state index < -0.39 is 36.7 Å². The standard InChI is InChI=1S/C31H48O8/c1-6-20-8-10-24-23-9-7-21-15-22(39-29-28(38-19(4)33)27(35)26(34)17(2)37-29)11-14-31(21,16-36-18(3)32)25(23)12-13-30(20,24)5/h6,17,20-29,34-35H,1,7-16H2,2-5H3/t17-,20-,21-,22-,23-,24-,25-,26+,27+,28-,29-,30+,31+/m0/s1. The van der Waals surface area contributed by atoms with E-state index in [1.807, 2.05) is 0 Å². The van der Waals surface area contributed by atoms with Crippen molar-refractivity contribution >= 4 is 11.9 Å². The Balaban J connectivity index is 1.34. The molecule has 5 rings (SSSR count). The molecule has 4 saturated carbocycles. The van der Waals surface area contributed by atoms with E-state index >= 15 is 0 Å². The molecule has 0 spiro atoms. The molecule has 0 aromatic carbocycles. The quantitative estimate of drug-likeness (QED) is 0.289. The van der Waals surface area contributed by atoms with Gasteiger partial charge in [-0.2, -0.15) is 0 Å². The van der Waals surface area contributed by atoms with Gasteiger partial charge in [0, 0.05) is 19.3 Å². The number of fused-ring (bicyclic) bond motifs is 5. The summed E-state index contributed by atoms with van der Waals surface area (Å²) < 4.78 is 23.5. The fraction of sp³-hybridized carbons (Fsp3) is 0.871. The zero-order valence-corrected chi connectivity index (χ0v) is 24.1. The summed E-state index contributed by atoms with van der Waals surface area (Å²) in [5, 5.41) is 20.9. The number of hydrogen-bond donors (Lipinski definition) is 2. The summed E-state index contributed by atoms with van der Waals surface area (Å²) in [7, 11) is 0. The van der Waals surface area contributed by atoms with Crippen LogP contribution in [0.4, 0.5) is 0 Å². The summed E-state index contributed by atoms with van der Waals surface area (Å²) in [6.07, 6.45) is 6.50. The molecule has 8 nitrogen and oxygen atoms in total.